The maximum Gasteiger partial charge on any atom is 0.165 e. The average Bonchev–Trinajstić information content (AvgIpc) is 2.05. The third-order valence-corrected chi connectivity index (χ3v) is 2.80. The minimum atomic E-state index is -3.07. The standard InChI is InChI=1S/C9H13FN2O2S/c1-7(6-15(2,13)14)12-9-8(10)4-3-5-11-9/h3-5,7H,6H2,1-2H3,(H,11,12). The molecule has 1 unspecified atom stereocenters. The van der Waals surface area contributed by atoms with Crippen molar-refractivity contribution in [2.24, 2.45) is 0 Å². The highest BCUT2D eigenvalue weighted by atomic mass is 32.2. The number of hydrogen-bond acceptors (Lipinski definition) is 4. The molecule has 0 amide bonds. The number of hydrogen-bond donors (Lipinski definition) is 1. The van der Waals surface area contributed by atoms with Crippen molar-refractivity contribution in [3.8, 4) is 0 Å². The van der Waals surface area contributed by atoms with Gasteiger partial charge in [-0.2, -0.15) is 0 Å². The summed E-state index contributed by atoms with van der Waals surface area (Å²) in [5.41, 5.74) is 0. The summed E-state index contributed by atoms with van der Waals surface area (Å²) in [5, 5.41) is 2.70. The van der Waals surface area contributed by atoms with Crippen LogP contribution in [0.4, 0.5) is 10.2 Å². The number of anilines is 1. The molecule has 6 heteroatoms. The number of rotatable bonds is 4. The maximum atomic E-state index is 13.1. The Hall–Kier alpha value is -1.17. The molecular weight excluding hydrogens is 219 g/mol. The van der Waals surface area contributed by atoms with Gasteiger partial charge in [0.1, 0.15) is 9.84 Å². The van der Waals surface area contributed by atoms with Crippen LogP contribution in [0.5, 0.6) is 0 Å². The quantitative estimate of drug-likeness (QED) is 0.843. The number of nitrogens with one attached hydrogen (secondary N) is 1. The zero-order valence-electron chi connectivity index (χ0n) is 8.57. The highest BCUT2D eigenvalue weighted by molar-refractivity contribution is 7.90. The van der Waals surface area contributed by atoms with Crippen LogP contribution >= 0.6 is 0 Å². The Bertz CT molecular complexity index is 433. The zero-order valence-corrected chi connectivity index (χ0v) is 9.38. The molecule has 0 spiro atoms. The van der Waals surface area contributed by atoms with Gasteiger partial charge in [-0.1, -0.05) is 0 Å². The Kier molecular flexibility index (Phi) is 3.62. The molecule has 0 aliphatic rings. The van der Waals surface area contributed by atoms with Gasteiger partial charge in [-0.3, -0.25) is 0 Å². The van der Waals surface area contributed by atoms with Crippen LogP contribution in [0.2, 0.25) is 0 Å². The number of nitrogens with zero attached hydrogens (tertiary/aromatic N) is 1. The van der Waals surface area contributed by atoms with Crippen LogP contribution in [0.15, 0.2) is 18.3 Å². The molecule has 84 valence electrons. The van der Waals surface area contributed by atoms with Gasteiger partial charge in [-0.05, 0) is 19.1 Å². The summed E-state index contributed by atoms with van der Waals surface area (Å²) in [6.07, 6.45) is 2.58. The van der Waals surface area contributed by atoms with Gasteiger partial charge in [0.2, 0.25) is 0 Å². The first-order valence-electron chi connectivity index (χ1n) is 4.43. The summed E-state index contributed by atoms with van der Waals surface area (Å²) in [5.74, 6) is -0.463. The summed E-state index contributed by atoms with van der Waals surface area (Å²) >= 11 is 0. The number of aromatic nitrogens is 1. The summed E-state index contributed by atoms with van der Waals surface area (Å²) in [7, 11) is -3.07. The largest absolute Gasteiger partial charge is 0.364 e. The molecule has 0 saturated heterocycles. The molecule has 1 heterocycles. The fourth-order valence-electron chi connectivity index (χ4n) is 1.22. The first-order valence-corrected chi connectivity index (χ1v) is 6.49. The van der Waals surface area contributed by atoms with Gasteiger partial charge in [0, 0.05) is 18.5 Å². The van der Waals surface area contributed by atoms with Crippen molar-refractivity contribution >= 4 is 15.7 Å². The molecule has 0 radical (unpaired) electrons. The summed E-state index contributed by atoms with van der Waals surface area (Å²) in [4.78, 5) is 3.77. The first-order chi connectivity index (χ1) is 6.88. The van der Waals surface area contributed by atoms with Crippen molar-refractivity contribution in [1.82, 2.24) is 4.98 Å². The highest BCUT2D eigenvalue weighted by Crippen LogP contribution is 2.10. The van der Waals surface area contributed by atoms with E-state index in [4.69, 9.17) is 0 Å². The molecule has 0 fully saturated rings. The Morgan fingerprint density at radius 2 is 2.27 bits per heavy atom. The van der Waals surface area contributed by atoms with Gasteiger partial charge >= 0.3 is 0 Å². The molecule has 1 atom stereocenters. The predicted octanol–water partition coefficient (Wildman–Crippen LogP) is 1.07. The van der Waals surface area contributed by atoms with E-state index in [9.17, 15) is 12.8 Å². The maximum absolute atomic E-state index is 13.1. The molecule has 1 rings (SSSR count). The minimum absolute atomic E-state index is 0.0526. The van der Waals surface area contributed by atoms with Crippen LogP contribution in [0.25, 0.3) is 0 Å². The lowest BCUT2D eigenvalue weighted by molar-refractivity contribution is 0.595. The van der Waals surface area contributed by atoms with Crippen LogP contribution in [0.1, 0.15) is 6.92 Å². The lowest BCUT2D eigenvalue weighted by Gasteiger charge is -2.13. The SMILES string of the molecule is CC(CS(C)(=O)=O)Nc1ncccc1F. The number of sulfone groups is 1. The van der Waals surface area contributed by atoms with Crippen molar-refractivity contribution in [3.63, 3.8) is 0 Å². The molecule has 0 bridgehead atoms. The van der Waals surface area contributed by atoms with Gasteiger partial charge in [-0.25, -0.2) is 17.8 Å². The van der Waals surface area contributed by atoms with Gasteiger partial charge in [-0.15, -0.1) is 0 Å². The van der Waals surface area contributed by atoms with Gasteiger partial charge in [0.05, 0.1) is 5.75 Å². The van der Waals surface area contributed by atoms with Crippen LogP contribution in [-0.2, 0) is 9.84 Å². The summed E-state index contributed by atoms with van der Waals surface area (Å²) in [6, 6.07) is 2.37. The van der Waals surface area contributed by atoms with E-state index in [0.717, 1.165) is 6.26 Å². The molecule has 1 N–H and O–H groups in total. The monoisotopic (exact) mass is 232 g/mol. The highest BCUT2D eigenvalue weighted by Gasteiger charge is 2.12. The molecule has 1 aromatic heterocycles. The van der Waals surface area contributed by atoms with E-state index < -0.39 is 15.7 Å². The molecule has 1 aromatic rings. The Morgan fingerprint density at radius 1 is 1.60 bits per heavy atom. The third-order valence-electron chi connectivity index (χ3n) is 1.69. The van der Waals surface area contributed by atoms with E-state index >= 15 is 0 Å². The van der Waals surface area contributed by atoms with E-state index in [1.165, 1.54) is 18.3 Å². The zero-order chi connectivity index (χ0) is 11.5. The van der Waals surface area contributed by atoms with Crippen molar-refractivity contribution in [3.05, 3.63) is 24.1 Å². The van der Waals surface area contributed by atoms with E-state index in [2.05, 4.69) is 10.3 Å². The molecule has 0 aliphatic carbocycles. The van der Waals surface area contributed by atoms with E-state index in [1.54, 1.807) is 6.92 Å². The molecule has 15 heavy (non-hydrogen) atoms. The van der Waals surface area contributed by atoms with Crippen LogP contribution in [0, 0.1) is 5.82 Å². The molecular formula is C9H13FN2O2S. The molecule has 4 nitrogen and oxygen atoms in total. The topological polar surface area (TPSA) is 59.1 Å². The minimum Gasteiger partial charge on any atom is -0.364 e. The van der Waals surface area contributed by atoms with Crippen molar-refractivity contribution < 1.29 is 12.8 Å². The Labute approximate surface area is 88.5 Å². The van der Waals surface area contributed by atoms with E-state index in [-0.39, 0.29) is 17.6 Å². The summed E-state index contributed by atoms with van der Waals surface area (Å²) in [6.45, 7) is 1.66. The number of pyridine rings is 1. The van der Waals surface area contributed by atoms with Crippen molar-refractivity contribution in [2.75, 3.05) is 17.3 Å². The summed E-state index contributed by atoms with van der Waals surface area (Å²) < 4.78 is 35.0. The second-order valence-corrected chi connectivity index (χ2v) is 5.66. The normalized spacial score (nSPS) is 13.5. The molecule has 0 saturated carbocycles. The van der Waals surface area contributed by atoms with E-state index in [1.807, 2.05) is 0 Å². The smallest absolute Gasteiger partial charge is 0.165 e. The second kappa shape index (κ2) is 4.57. The fraction of sp³-hybridized carbons (Fsp3) is 0.444. The van der Waals surface area contributed by atoms with Crippen molar-refractivity contribution in [2.45, 2.75) is 13.0 Å². The first kappa shape index (κ1) is 11.9. The van der Waals surface area contributed by atoms with Gasteiger partial charge < -0.3 is 5.32 Å². The Morgan fingerprint density at radius 3 is 2.80 bits per heavy atom. The van der Waals surface area contributed by atoms with Crippen LogP contribution in [0.3, 0.4) is 0 Å². The molecule has 0 aliphatic heterocycles. The fourth-order valence-corrected chi connectivity index (χ4v) is 2.21. The van der Waals surface area contributed by atoms with E-state index in [0.29, 0.717) is 0 Å². The number of halogens is 1. The van der Waals surface area contributed by atoms with Crippen LogP contribution < -0.4 is 5.32 Å². The van der Waals surface area contributed by atoms with Crippen molar-refractivity contribution in [1.29, 1.82) is 0 Å². The lowest BCUT2D eigenvalue weighted by atomic mass is 10.3. The van der Waals surface area contributed by atoms with Gasteiger partial charge in [0.15, 0.2) is 11.6 Å². The van der Waals surface area contributed by atoms with Crippen LogP contribution in [-0.4, -0.2) is 31.5 Å². The predicted molar refractivity (Wildman–Crippen MR) is 57.0 cm³/mol. The third kappa shape index (κ3) is 4.24. The lowest BCUT2D eigenvalue weighted by Crippen LogP contribution is -2.25. The average molecular weight is 232 g/mol. The van der Waals surface area contributed by atoms with Gasteiger partial charge in [0.25, 0.3) is 0 Å². The molecule has 0 aromatic carbocycles. The second-order valence-electron chi connectivity index (χ2n) is 3.47. The Balaban J connectivity index is 2.67.